The summed E-state index contributed by atoms with van der Waals surface area (Å²) in [5, 5.41) is 14.6. The third-order valence-corrected chi connectivity index (χ3v) is 3.91. The van der Waals surface area contributed by atoms with Crippen molar-refractivity contribution in [1.82, 2.24) is 5.01 Å². The molecule has 0 unspecified atom stereocenters. The van der Waals surface area contributed by atoms with Crippen LogP contribution in [0.1, 0.15) is 15.9 Å². The first-order chi connectivity index (χ1) is 11.6. The Morgan fingerprint density at radius 2 is 1.79 bits per heavy atom. The smallest absolute Gasteiger partial charge is 0.336 e. The Balaban J connectivity index is 1.85. The summed E-state index contributed by atoms with van der Waals surface area (Å²) in [5.41, 5.74) is 1.32. The molecule has 1 amide bonds. The standard InChI is InChI=1S/C17H13N3O3S/c21-15-11-19(13-7-2-1-3-8-13)17(24)20(15)18-10-12-6-4-5-9-14(12)16(22)23/h1-10H,11H2,(H,22,23). The summed E-state index contributed by atoms with van der Waals surface area (Å²) in [6.45, 7) is 0.0980. The molecule has 1 heterocycles. The van der Waals surface area contributed by atoms with Crippen molar-refractivity contribution < 1.29 is 14.7 Å². The number of carboxylic acids is 1. The Morgan fingerprint density at radius 1 is 1.12 bits per heavy atom. The number of para-hydroxylation sites is 1. The van der Waals surface area contributed by atoms with Crippen LogP contribution in [0.25, 0.3) is 0 Å². The molecule has 1 aliphatic rings. The van der Waals surface area contributed by atoms with E-state index in [1.165, 1.54) is 12.3 Å². The van der Waals surface area contributed by atoms with Crippen LogP contribution >= 0.6 is 12.2 Å². The van der Waals surface area contributed by atoms with Crippen LogP contribution in [-0.4, -0.2) is 39.9 Å². The van der Waals surface area contributed by atoms with Crippen molar-refractivity contribution in [3.8, 4) is 0 Å². The third kappa shape index (κ3) is 3.02. The monoisotopic (exact) mass is 339 g/mol. The fourth-order valence-electron chi connectivity index (χ4n) is 2.34. The Bertz CT molecular complexity index is 836. The predicted octanol–water partition coefficient (Wildman–Crippen LogP) is 2.35. The highest BCUT2D eigenvalue weighted by Crippen LogP contribution is 2.21. The molecule has 24 heavy (non-hydrogen) atoms. The van der Waals surface area contributed by atoms with E-state index in [4.69, 9.17) is 12.2 Å². The van der Waals surface area contributed by atoms with E-state index < -0.39 is 5.97 Å². The molecule has 1 N–H and O–H groups in total. The van der Waals surface area contributed by atoms with E-state index in [0.717, 1.165) is 10.7 Å². The second-order valence-electron chi connectivity index (χ2n) is 5.05. The van der Waals surface area contributed by atoms with Crippen molar-refractivity contribution in [2.75, 3.05) is 11.4 Å². The average Bonchev–Trinajstić information content (AvgIpc) is 2.88. The minimum absolute atomic E-state index is 0.0980. The Morgan fingerprint density at radius 3 is 2.50 bits per heavy atom. The van der Waals surface area contributed by atoms with Gasteiger partial charge in [0, 0.05) is 11.3 Å². The maximum atomic E-state index is 12.2. The minimum Gasteiger partial charge on any atom is -0.478 e. The Kier molecular flexibility index (Phi) is 4.35. The normalized spacial score (nSPS) is 14.7. The first-order valence-corrected chi connectivity index (χ1v) is 7.54. The molecule has 0 aromatic heterocycles. The molecule has 6 nitrogen and oxygen atoms in total. The van der Waals surface area contributed by atoms with Crippen LogP contribution in [0.15, 0.2) is 59.7 Å². The summed E-state index contributed by atoms with van der Waals surface area (Å²) >= 11 is 5.32. The Labute approximate surface area is 143 Å². The van der Waals surface area contributed by atoms with E-state index in [0.29, 0.717) is 5.56 Å². The number of carbonyl (C=O) groups excluding carboxylic acids is 1. The van der Waals surface area contributed by atoms with Gasteiger partial charge in [-0.1, -0.05) is 36.4 Å². The zero-order valence-corrected chi connectivity index (χ0v) is 13.3. The van der Waals surface area contributed by atoms with Crippen LogP contribution in [0.2, 0.25) is 0 Å². The van der Waals surface area contributed by atoms with Crippen molar-refractivity contribution >= 4 is 41.1 Å². The van der Waals surface area contributed by atoms with Gasteiger partial charge in [-0.25, -0.2) is 4.79 Å². The maximum absolute atomic E-state index is 12.2. The zero-order chi connectivity index (χ0) is 17.1. The molecule has 1 fully saturated rings. The molecule has 0 radical (unpaired) electrons. The molecule has 2 aromatic carbocycles. The molecule has 2 aromatic rings. The van der Waals surface area contributed by atoms with E-state index in [-0.39, 0.29) is 23.1 Å². The summed E-state index contributed by atoms with van der Waals surface area (Å²) in [7, 11) is 0. The lowest BCUT2D eigenvalue weighted by atomic mass is 10.1. The van der Waals surface area contributed by atoms with Gasteiger partial charge in [0.05, 0.1) is 11.8 Å². The van der Waals surface area contributed by atoms with Gasteiger partial charge in [-0.05, 0) is 30.4 Å². The fourth-order valence-corrected chi connectivity index (χ4v) is 2.66. The van der Waals surface area contributed by atoms with Gasteiger partial charge in [0.25, 0.3) is 5.91 Å². The van der Waals surface area contributed by atoms with Gasteiger partial charge >= 0.3 is 5.97 Å². The molecule has 0 aliphatic carbocycles. The van der Waals surface area contributed by atoms with E-state index in [2.05, 4.69) is 5.10 Å². The summed E-state index contributed by atoms with van der Waals surface area (Å²) < 4.78 is 0. The number of nitrogens with zero attached hydrogens (tertiary/aromatic N) is 3. The van der Waals surface area contributed by atoms with E-state index in [1.54, 1.807) is 23.1 Å². The van der Waals surface area contributed by atoms with Crippen LogP contribution < -0.4 is 4.90 Å². The molecule has 0 atom stereocenters. The SMILES string of the molecule is O=C(O)c1ccccc1C=NN1C(=O)CN(c2ccccc2)C1=S. The van der Waals surface area contributed by atoms with Gasteiger partial charge in [-0.2, -0.15) is 10.1 Å². The van der Waals surface area contributed by atoms with Crippen LogP contribution in [-0.2, 0) is 4.79 Å². The van der Waals surface area contributed by atoms with Crippen LogP contribution in [0.4, 0.5) is 5.69 Å². The first-order valence-electron chi connectivity index (χ1n) is 7.14. The molecule has 120 valence electrons. The average molecular weight is 339 g/mol. The van der Waals surface area contributed by atoms with Crippen molar-refractivity contribution in [3.05, 3.63) is 65.7 Å². The molecule has 0 spiro atoms. The summed E-state index contributed by atoms with van der Waals surface area (Å²) in [6, 6.07) is 15.7. The lowest BCUT2D eigenvalue weighted by Crippen LogP contribution is -2.29. The number of rotatable bonds is 4. The number of carboxylic acid groups (broad SMARTS) is 1. The van der Waals surface area contributed by atoms with Gasteiger partial charge < -0.3 is 10.0 Å². The van der Waals surface area contributed by atoms with Crippen molar-refractivity contribution in [2.45, 2.75) is 0 Å². The number of hydrogen-bond acceptors (Lipinski definition) is 4. The van der Waals surface area contributed by atoms with E-state index in [9.17, 15) is 14.7 Å². The second kappa shape index (κ2) is 6.59. The molecular weight excluding hydrogens is 326 g/mol. The number of hydrogen-bond donors (Lipinski definition) is 1. The van der Waals surface area contributed by atoms with Gasteiger partial charge in [0.2, 0.25) is 5.11 Å². The summed E-state index contributed by atoms with van der Waals surface area (Å²) in [6.07, 6.45) is 1.34. The summed E-state index contributed by atoms with van der Waals surface area (Å²) in [5.74, 6) is -1.33. The van der Waals surface area contributed by atoms with E-state index in [1.807, 2.05) is 30.3 Å². The van der Waals surface area contributed by atoms with Gasteiger partial charge in [0.1, 0.15) is 6.54 Å². The quantitative estimate of drug-likeness (QED) is 0.684. The van der Waals surface area contributed by atoms with Gasteiger partial charge in [0.15, 0.2) is 0 Å². The molecule has 0 bridgehead atoms. The molecule has 0 saturated carbocycles. The first kappa shape index (κ1) is 15.8. The highest BCUT2D eigenvalue weighted by Gasteiger charge is 2.33. The number of hydrazone groups is 1. The number of amides is 1. The van der Waals surface area contributed by atoms with Crippen LogP contribution in [0.5, 0.6) is 0 Å². The number of benzene rings is 2. The van der Waals surface area contributed by atoms with Crippen LogP contribution in [0, 0.1) is 0 Å². The molecule has 1 saturated heterocycles. The van der Waals surface area contributed by atoms with Crippen molar-refractivity contribution in [1.29, 1.82) is 0 Å². The second-order valence-corrected chi connectivity index (χ2v) is 5.41. The molecule has 7 heteroatoms. The maximum Gasteiger partial charge on any atom is 0.336 e. The number of carbonyl (C=O) groups is 2. The zero-order valence-electron chi connectivity index (χ0n) is 12.5. The van der Waals surface area contributed by atoms with Gasteiger partial charge in [-0.15, -0.1) is 0 Å². The number of anilines is 1. The Hall–Kier alpha value is -3.06. The van der Waals surface area contributed by atoms with Crippen LogP contribution in [0.3, 0.4) is 0 Å². The predicted molar refractivity (Wildman–Crippen MR) is 94.2 cm³/mol. The topological polar surface area (TPSA) is 73.2 Å². The van der Waals surface area contributed by atoms with Crippen molar-refractivity contribution in [2.24, 2.45) is 5.10 Å². The number of thiocarbonyl (C=S) groups is 1. The molecule has 1 aliphatic heterocycles. The largest absolute Gasteiger partial charge is 0.478 e. The lowest BCUT2D eigenvalue weighted by Gasteiger charge is -2.17. The lowest BCUT2D eigenvalue weighted by molar-refractivity contribution is -0.124. The third-order valence-electron chi connectivity index (χ3n) is 3.51. The van der Waals surface area contributed by atoms with E-state index >= 15 is 0 Å². The van der Waals surface area contributed by atoms with Gasteiger partial charge in [-0.3, -0.25) is 4.79 Å². The fraction of sp³-hybridized carbons (Fsp3) is 0.0588. The number of aromatic carboxylic acids is 1. The highest BCUT2D eigenvalue weighted by atomic mass is 32.1. The molecule has 3 rings (SSSR count). The molecular formula is C17H13N3O3S. The minimum atomic E-state index is -1.06. The summed E-state index contributed by atoms with van der Waals surface area (Å²) in [4.78, 5) is 25.1. The highest BCUT2D eigenvalue weighted by molar-refractivity contribution is 7.80. The van der Waals surface area contributed by atoms with Crippen molar-refractivity contribution in [3.63, 3.8) is 0 Å².